The maximum atomic E-state index is 6.25. The highest BCUT2D eigenvalue weighted by Gasteiger charge is 2.41. The number of rotatable bonds is 4. The second-order valence-electron chi connectivity index (χ2n) is 7.01. The van der Waals surface area contributed by atoms with Gasteiger partial charge >= 0.3 is 0 Å². The van der Waals surface area contributed by atoms with Crippen molar-refractivity contribution >= 4 is 21.6 Å². The molecule has 3 N–H and O–H groups in total. The van der Waals surface area contributed by atoms with Crippen LogP contribution in [0.15, 0.2) is 16.6 Å². The number of halogens is 1. The van der Waals surface area contributed by atoms with Crippen molar-refractivity contribution in [2.24, 2.45) is 17.6 Å². The molecule has 21 heavy (non-hydrogen) atoms. The summed E-state index contributed by atoms with van der Waals surface area (Å²) in [7, 11) is 0. The van der Waals surface area contributed by atoms with E-state index in [1.807, 2.05) is 0 Å². The zero-order chi connectivity index (χ0) is 15.6. The molecular formula is C18H29BrN2. The Hall–Kier alpha value is -0.540. The monoisotopic (exact) mass is 352 g/mol. The average molecular weight is 353 g/mol. The Morgan fingerprint density at radius 2 is 1.90 bits per heavy atom. The Balaban J connectivity index is 2.32. The molecule has 0 spiro atoms. The van der Waals surface area contributed by atoms with Gasteiger partial charge in [-0.2, -0.15) is 0 Å². The normalized spacial score (nSPS) is 26.1. The molecule has 0 aliphatic heterocycles. The quantitative estimate of drug-likeness (QED) is 0.797. The van der Waals surface area contributed by atoms with E-state index in [0.717, 1.165) is 0 Å². The first-order valence-corrected chi connectivity index (χ1v) is 8.94. The van der Waals surface area contributed by atoms with E-state index in [-0.39, 0.29) is 5.54 Å². The highest BCUT2D eigenvalue weighted by atomic mass is 79.9. The minimum absolute atomic E-state index is 0.0547. The summed E-state index contributed by atoms with van der Waals surface area (Å²) in [5.74, 6) is 1.32. The third-order valence-corrected chi connectivity index (χ3v) is 6.35. The fraction of sp³-hybridized carbons (Fsp3) is 0.667. The van der Waals surface area contributed by atoms with Gasteiger partial charge in [-0.15, -0.1) is 0 Å². The lowest BCUT2D eigenvalue weighted by Gasteiger charge is -2.47. The Morgan fingerprint density at radius 1 is 1.29 bits per heavy atom. The molecule has 3 heteroatoms. The van der Waals surface area contributed by atoms with Crippen LogP contribution in [-0.4, -0.2) is 12.1 Å². The molecular weight excluding hydrogens is 324 g/mol. The van der Waals surface area contributed by atoms with Gasteiger partial charge in [-0.05, 0) is 61.8 Å². The van der Waals surface area contributed by atoms with Crippen LogP contribution < -0.4 is 11.1 Å². The van der Waals surface area contributed by atoms with Crippen molar-refractivity contribution in [3.63, 3.8) is 0 Å². The molecule has 0 saturated heterocycles. The summed E-state index contributed by atoms with van der Waals surface area (Å²) < 4.78 is 1.21. The summed E-state index contributed by atoms with van der Waals surface area (Å²) in [4.78, 5) is 0. The van der Waals surface area contributed by atoms with E-state index in [2.05, 4.69) is 61.1 Å². The van der Waals surface area contributed by atoms with Crippen LogP contribution in [0.3, 0.4) is 0 Å². The fourth-order valence-corrected chi connectivity index (χ4v) is 4.23. The zero-order valence-electron chi connectivity index (χ0n) is 13.8. The van der Waals surface area contributed by atoms with E-state index in [1.165, 1.54) is 47.0 Å². The van der Waals surface area contributed by atoms with Crippen LogP contribution in [0, 0.1) is 25.7 Å². The van der Waals surface area contributed by atoms with Crippen LogP contribution in [-0.2, 0) is 0 Å². The van der Waals surface area contributed by atoms with Crippen molar-refractivity contribution in [3.05, 3.63) is 27.7 Å². The zero-order valence-corrected chi connectivity index (χ0v) is 15.4. The van der Waals surface area contributed by atoms with Gasteiger partial charge < -0.3 is 11.1 Å². The number of nitrogens with two attached hydrogens (primary N) is 1. The van der Waals surface area contributed by atoms with Gasteiger partial charge in [0.05, 0.1) is 5.54 Å². The van der Waals surface area contributed by atoms with E-state index < -0.39 is 0 Å². The lowest BCUT2D eigenvalue weighted by Crippen LogP contribution is -2.55. The van der Waals surface area contributed by atoms with Crippen LogP contribution in [0.5, 0.6) is 0 Å². The van der Waals surface area contributed by atoms with E-state index in [0.29, 0.717) is 18.4 Å². The van der Waals surface area contributed by atoms with Crippen LogP contribution >= 0.6 is 15.9 Å². The summed E-state index contributed by atoms with van der Waals surface area (Å²) in [5, 5.41) is 3.84. The lowest BCUT2D eigenvalue weighted by molar-refractivity contribution is 0.166. The summed E-state index contributed by atoms with van der Waals surface area (Å²) in [6.45, 7) is 9.68. The smallest absolute Gasteiger partial charge is 0.0526 e. The lowest BCUT2D eigenvalue weighted by atomic mass is 9.67. The molecule has 118 valence electrons. The minimum Gasteiger partial charge on any atom is -0.378 e. The van der Waals surface area contributed by atoms with Gasteiger partial charge in [0.25, 0.3) is 0 Å². The van der Waals surface area contributed by atoms with E-state index in [9.17, 15) is 0 Å². The number of hydrogen-bond acceptors (Lipinski definition) is 2. The maximum absolute atomic E-state index is 6.25. The molecule has 2 nitrogen and oxygen atoms in total. The summed E-state index contributed by atoms with van der Waals surface area (Å²) >= 11 is 3.65. The highest BCUT2D eigenvalue weighted by molar-refractivity contribution is 9.10. The predicted molar refractivity (Wildman–Crippen MR) is 95.8 cm³/mol. The van der Waals surface area contributed by atoms with Crippen molar-refractivity contribution < 1.29 is 0 Å². The summed E-state index contributed by atoms with van der Waals surface area (Å²) in [5.41, 5.74) is 10.1. The first-order chi connectivity index (χ1) is 9.89. The molecule has 1 saturated carbocycles. The third-order valence-electron chi connectivity index (χ3n) is 5.10. The highest BCUT2D eigenvalue weighted by Crippen LogP contribution is 2.40. The molecule has 2 unspecified atom stereocenters. The van der Waals surface area contributed by atoms with Gasteiger partial charge in [-0.25, -0.2) is 0 Å². The molecule has 0 aromatic heterocycles. The number of nitrogens with one attached hydrogen (secondary N) is 1. The molecule has 0 heterocycles. The second kappa shape index (κ2) is 6.70. The van der Waals surface area contributed by atoms with E-state index in [4.69, 9.17) is 5.73 Å². The summed E-state index contributed by atoms with van der Waals surface area (Å²) in [6, 6.07) is 4.47. The van der Waals surface area contributed by atoms with Crippen molar-refractivity contribution in [2.45, 2.75) is 58.9 Å². The van der Waals surface area contributed by atoms with Crippen LogP contribution in [0.25, 0.3) is 0 Å². The topological polar surface area (TPSA) is 38.0 Å². The Morgan fingerprint density at radius 3 is 2.43 bits per heavy atom. The van der Waals surface area contributed by atoms with E-state index in [1.54, 1.807) is 0 Å². The van der Waals surface area contributed by atoms with Crippen LogP contribution in [0.1, 0.15) is 50.7 Å². The van der Waals surface area contributed by atoms with Gasteiger partial charge in [-0.3, -0.25) is 0 Å². The van der Waals surface area contributed by atoms with Crippen molar-refractivity contribution in [3.8, 4) is 0 Å². The molecule has 0 bridgehead atoms. The minimum atomic E-state index is 0.0547. The first-order valence-electron chi connectivity index (χ1n) is 8.14. The molecule has 1 aromatic rings. The maximum Gasteiger partial charge on any atom is 0.0526 e. The molecule has 2 atom stereocenters. The van der Waals surface area contributed by atoms with Gasteiger partial charge in [0.1, 0.15) is 0 Å². The predicted octanol–water partition coefficient (Wildman–Crippen LogP) is 5.02. The van der Waals surface area contributed by atoms with Gasteiger partial charge in [-0.1, -0.05) is 42.6 Å². The molecule has 1 aliphatic rings. The van der Waals surface area contributed by atoms with E-state index >= 15 is 0 Å². The largest absolute Gasteiger partial charge is 0.378 e. The molecule has 1 aromatic carbocycles. The van der Waals surface area contributed by atoms with Gasteiger partial charge in [0, 0.05) is 16.7 Å². The van der Waals surface area contributed by atoms with Crippen molar-refractivity contribution in [1.82, 2.24) is 0 Å². The Bertz CT molecular complexity index is 475. The fourth-order valence-electron chi connectivity index (χ4n) is 4.00. The van der Waals surface area contributed by atoms with Gasteiger partial charge in [0.2, 0.25) is 0 Å². The number of benzene rings is 1. The van der Waals surface area contributed by atoms with Crippen LogP contribution in [0.2, 0.25) is 0 Å². The summed E-state index contributed by atoms with van der Waals surface area (Å²) in [6.07, 6.45) is 5.09. The molecule has 0 radical (unpaired) electrons. The third kappa shape index (κ3) is 3.45. The average Bonchev–Trinajstić information content (AvgIpc) is 2.44. The SMILES string of the molecule is Cc1cc(NC2(CN)CCCCC2C(C)C)cc(C)c1Br. The number of anilines is 1. The first kappa shape index (κ1) is 16.8. The molecule has 1 aliphatic carbocycles. The Kier molecular flexibility index (Phi) is 5.37. The number of hydrogen-bond donors (Lipinski definition) is 2. The van der Waals surface area contributed by atoms with Gasteiger partial charge in [0.15, 0.2) is 0 Å². The molecule has 2 rings (SSSR count). The molecule has 1 fully saturated rings. The Labute approximate surface area is 138 Å². The standard InChI is InChI=1S/C18H29BrN2/c1-12(2)16-7-5-6-8-18(16,11-20)21-15-9-13(3)17(19)14(4)10-15/h9-10,12,16,21H,5-8,11,20H2,1-4H3. The number of aryl methyl sites for hydroxylation is 2. The van der Waals surface area contributed by atoms with Crippen molar-refractivity contribution in [1.29, 1.82) is 0 Å². The van der Waals surface area contributed by atoms with Crippen molar-refractivity contribution in [2.75, 3.05) is 11.9 Å². The molecule has 0 amide bonds. The van der Waals surface area contributed by atoms with Crippen LogP contribution in [0.4, 0.5) is 5.69 Å². The second-order valence-corrected chi connectivity index (χ2v) is 7.80.